The number of primary amides is 1. The van der Waals surface area contributed by atoms with Gasteiger partial charge in [-0.3, -0.25) is 9.59 Å². The van der Waals surface area contributed by atoms with Gasteiger partial charge in [-0.1, -0.05) is 0 Å². The van der Waals surface area contributed by atoms with Gasteiger partial charge >= 0.3 is 0 Å². The largest absolute Gasteiger partial charge is 0.368 e. The molecule has 5 nitrogen and oxygen atoms in total. The summed E-state index contributed by atoms with van der Waals surface area (Å²) in [6.45, 7) is 0.723. The zero-order valence-corrected chi connectivity index (χ0v) is 8.68. The van der Waals surface area contributed by atoms with Crippen molar-refractivity contribution in [1.82, 2.24) is 5.32 Å². The number of nitrogens with one attached hydrogen (secondary N) is 1. The van der Waals surface area contributed by atoms with E-state index in [1.165, 1.54) is 0 Å². The Morgan fingerprint density at radius 1 is 1.64 bits per heavy atom. The van der Waals surface area contributed by atoms with Crippen molar-refractivity contribution in [3.05, 3.63) is 0 Å². The molecule has 0 aromatic carbocycles. The molecule has 2 amide bonds. The minimum Gasteiger partial charge on any atom is -0.368 e. The molecule has 5 N–H and O–H groups in total. The molecule has 0 saturated carbocycles. The van der Waals surface area contributed by atoms with Crippen molar-refractivity contribution in [2.45, 2.75) is 25.3 Å². The minimum absolute atomic E-state index is 0. The molecular formula is C8H16ClN3O2. The summed E-state index contributed by atoms with van der Waals surface area (Å²) in [4.78, 5) is 21.9. The molecule has 6 heteroatoms. The lowest BCUT2D eigenvalue weighted by Gasteiger charge is -2.23. The van der Waals surface area contributed by atoms with Crippen molar-refractivity contribution >= 4 is 24.2 Å². The molecule has 1 heterocycles. The fourth-order valence-electron chi connectivity index (χ4n) is 1.48. The number of halogens is 1. The lowest BCUT2D eigenvalue weighted by molar-refractivity contribution is -0.127. The topological polar surface area (TPSA) is 98.2 Å². The quantitative estimate of drug-likeness (QED) is 0.578. The van der Waals surface area contributed by atoms with Crippen molar-refractivity contribution in [3.63, 3.8) is 0 Å². The van der Waals surface area contributed by atoms with E-state index in [2.05, 4.69) is 5.32 Å². The Morgan fingerprint density at radius 3 is 2.79 bits per heavy atom. The number of nitrogens with two attached hydrogens (primary N) is 2. The Bertz CT molecular complexity index is 223. The maximum absolute atomic E-state index is 11.2. The van der Waals surface area contributed by atoms with Crippen LogP contribution in [0.2, 0.25) is 0 Å². The third kappa shape index (κ3) is 3.51. The zero-order chi connectivity index (χ0) is 9.84. The van der Waals surface area contributed by atoms with Crippen LogP contribution in [0, 0.1) is 5.92 Å². The molecule has 0 radical (unpaired) electrons. The number of carbonyl (C=O) groups is 2. The monoisotopic (exact) mass is 221 g/mol. The second kappa shape index (κ2) is 5.82. The highest BCUT2D eigenvalue weighted by molar-refractivity contribution is 5.85. The normalized spacial score (nSPS) is 23.2. The van der Waals surface area contributed by atoms with Gasteiger partial charge in [-0.25, -0.2) is 0 Å². The summed E-state index contributed by atoms with van der Waals surface area (Å²) in [6, 6.07) is -0.700. The molecule has 1 fully saturated rings. The Morgan fingerprint density at radius 2 is 2.29 bits per heavy atom. The van der Waals surface area contributed by atoms with Crippen LogP contribution in [-0.4, -0.2) is 24.4 Å². The molecule has 0 aromatic heterocycles. The van der Waals surface area contributed by atoms with Crippen molar-refractivity contribution in [1.29, 1.82) is 0 Å². The van der Waals surface area contributed by atoms with E-state index in [1.54, 1.807) is 0 Å². The van der Waals surface area contributed by atoms with Crippen molar-refractivity contribution < 1.29 is 9.59 Å². The smallest absolute Gasteiger partial charge is 0.234 e. The first-order valence-electron chi connectivity index (χ1n) is 4.44. The van der Waals surface area contributed by atoms with Crippen molar-refractivity contribution in [2.24, 2.45) is 17.4 Å². The molecule has 1 aliphatic heterocycles. The molecule has 2 atom stereocenters. The summed E-state index contributed by atoms with van der Waals surface area (Å²) in [7, 11) is 0. The van der Waals surface area contributed by atoms with Gasteiger partial charge in [0.25, 0.3) is 0 Å². The summed E-state index contributed by atoms with van der Waals surface area (Å²) >= 11 is 0. The first-order chi connectivity index (χ1) is 6.11. The van der Waals surface area contributed by atoms with Crippen molar-refractivity contribution in [3.8, 4) is 0 Å². The van der Waals surface area contributed by atoms with Crippen LogP contribution in [0.3, 0.4) is 0 Å². The summed E-state index contributed by atoms with van der Waals surface area (Å²) in [6.07, 6.45) is 2.11. The van der Waals surface area contributed by atoms with Crippen LogP contribution in [0.15, 0.2) is 0 Å². The van der Waals surface area contributed by atoms with Crippen LogP contribution >= 0.6 is 12.4 Å². The van der Waals surface area contributed by atoms with Crippen LogP contribution in [0.25, 0.3) is 0 Å². The molecule has 1 saturated heterocycles. The Hall–Kier alpha value is -0.810. The SMILES string of the molecule is Cl.NC(=O)C(N)C[C@@H]1CCCNC1=O. The predicted octanol–water partition coefficient (Wildman–Crippen LogP) is -0.863. The van der Waals surface area contributed by atoms with Crippen LogP contribution in [-0.2, 0) is 9.59 Å². The average molecular weight is 222 g/mol. The number of hydrogen-bond donors (Lipinski definition) is 3. The summed E-state index contributed by atoms with van der Waals surface area (Å²) < 4.78 is 0. The molecule has 0 aliphatic carbocycles. The number of rotatable bonds is 3. The zero-order valence-electron chi connectivity index (χ0n) is 7.86. The Labute approximate surface area is 89.0 Å². The average Bonchev–Trinajstić information content (AvgIpc) is 2.08. The van der Waals surface area contributed by atoms with Gasteiger partial charge in [0.1, 0.15) is 0 Å². The van der Waals surface area contributed by atoms with E-state index in [1.807, 2.05) is 0 Å². The standard InChI is InChI=1S/C8H15N3O2.ClH/c9-6(7(10)12)4-5-2-1-3-11-8(5)13;/h5-6H,1-4,9H2,(H2,10,12)(H,11,13);1H/t5-,6?;/m0./s1. The highest BCUT2D eigenvalue weighted by atomic mass is 35.5. The molecule has 0 bridgehead atoms. The first kappa shape index (κ1) is 13.2. The summed E-state index contributed by atoms with van der Waals surface area (Å²) in [5, 5.41) is 2.73. The predicted molar refractivity (Wildman–Crippen MR) is 54.8 cm³/mol. The van der Waals surface area contributed by atoms with Crippen LogP contribution in [0.5, 0.6) is 0 Å². The fourth-order valence-corrected chi connectivity index (χ4v) is 1.48. The molecule has 1 rings (SSSR count). The highest BCUT2D eigenvalue weighted by Crippen LogP contribution is 2.16. The third-order valence-electron chi connectivity index (χ3n) is 2.30. The highest BCUT2D eigenvalue weighted by Gasteiger charge is 2.25. The summed E-state index contributed by atoms with van der Waals surface area (Å²) in [5.41, 5.74) is 10.5. The van der Waals surface area contributed by atoms with Gasteiger partial charge in [0.2, 0.25) is 11.8 Å². The van der Waals surface area contributed by atoms with Gasteiger partial charge in [-0.05, 0) is 19.3 Å². The Kier molecular flexibility index (Phi) is 5.49. The lowest BCUT2D eigenvalue weighted by atomic mass is 9.92. The third-order valence-corrected chi connectivity index (χ3v) is 2.30. The van der Waals surface area contributed by atoms with Crippen molar-refractivity contribution in [2.75, 3.05) is 6.54 Å². The van der Waals surface area contributed by atoms with Gasteiger partial charge < -0.3 is 16.8 Å². The van der Waals surface area contributed by atoms with Crippen LogP contribution in [0.4, 0.5) is 0 Å². The molecule has 0 aromatic rings. The van der Waals surface area contributed by atoms with Crippen LogP contribution in [0.1, 0.15) is 19.3 Å². The molecule has 0 spiro atoms. The Balaban J connectivity index is 0.00000169. The number of carbonyl (C=O) groups excluding carboxylic acids is 2. The minimum atomic E-state index is -0.700. The number of piperidine rings is 1. The molecule has 82 valence electrons. The lowest BCUT2D eigenvalue weighted by Crippen LogP contribution is -2.43. The first-order valence-corrected chi connectivity index (χ1v) is 4.44. The molecule has 14 heavy (non-hydrogen) atoms. The van der Waals surface area contributed by atoms with E-state index in [-0.39, 0.29) is 24.2 Å². The van der Waals surface area contributed by atoms with Gasteiger partial charge in [0.15, 0.2) is 0 Å². The van der Waals surface area contributed by atoms with E-state index in [0.717, 1.165) is 19.4 Å². The van der Waals surface area contributed by atoms with Gasteiger partial charge in [0, 0.05) is 12.5 Å². The second-order valence-electron chi connectivity index (χ2n) is 3.37. The molecular weight excluding hydrogens is 206 g/mol. The van der Waals surface area contributed by atoms with Gasteiger partial charge in [0.05, 0.1) is 6.04 Å². The maximum atomic E-state index is 11.2. The number of amides is 2. The van der Waals surface area contributed by atoms with E-state index < -0.39 is 11.9 Å². The molecule has 1 unspecified atom stereocenters. The van der Waals surface area contributed by atoms with Gasteiger partial charge in [-0.15, -0.1) is 12.4 Å². The van der Waals surface area contributed by atoms with E-state index in [4.69, 9.17) is 11.5 Å². The van der Waals surface area contributed by atoms with Crippen LogP contribution < -0.4 is 16.8 Å². The second-order valence-corrected chi connectivity index (χ2v) is 3.37. The van der Waals surface area contributed by atoms with E-state index >= 15 is 0 Å². The number of hydrogen-bond acceptors (Lipinski definition) is 3. The maximum Gasteiger partial charge on any atom is 0.234 e. The van der Waals surface area contributed by atoms with Gasteiger partial charge in [-0.2, -0.15) is 0 Å². The van der Waals surface area contributed by atoms with E-state index in [9.17, 15) is 9.59 Å². The summed E-state index contributed by atoms with van der Waals surface area (Å²) in [5.74, 6) is -0.697. The molecule has 1 aliphatic rings. The van der Waals surface area contributed by atoms with E-state index in [0.29, 0.717) is 6.42 Å². The fraction of sp³-hybridized carbons (Fsp3) is 0.750.